The molecule has 3 heterocycles. The van der Waals surface area contributed by atoms with Crippen LogP contribution in [0.15, 0.2) is 59.3 Å². The number of hydrogen-bond acceptors (Lipinski definition) is 8. The number of alkyl halides is 3. The number of benzene rings is 1. The minimum atomic E-state index is -4.69. The van der Waals surface area contributed by atoms with Crippen LogP contribution >= 0.6 is 0 Å². The molecule has 15 heteroatoms. The van der Waals surface area contributed by atoms with Gasteiger partial charge in [0.1, 0.15) is 17.8 Å². The Morgan fingerprint density at radius 1 is 1.17 bits per heavy atom. The Bertz CT molecular complexity index is 1600. The fourth-order valence-corrected chi connectivity index (χ4v) is 5.75. The predicted octanol–water partition coefficient (Wildman–Crippen LogP) is 3.19. The van der Waals surface area contributed by atoms with Crippen molar-refractivity contribution >= 4 is 39.5 Å². The molecule has 0 spiro atoms. The van der Waals surface area contributed by atoms with E-state index in [0.717, 1.165) is 28.8 Å². The van der Waals surface area contributed by atoms with Gasteiger partial charge in [-0.2, -0.15) is 17.5 Å². The topological polar surface area (TPSA) is 145 Å². The summed E-state index contributed by atoms with van der Waals surface area (Å²) in [7, 11) is -0.862. The molecule has 1 aliphatic heterocycles. The van der Waals surface area contributed by atoms with Gasteiger partial charge in [-0.05, 0) is 53.5 Å². The van der Waals surface area contributed by atoms with E-state index in [1.807, 2.05) is 0 Å². The first-order valence-electron chi connectivity index (χ1n) is 12.0. The van der Waals surface area contributed by atoms with Crippen LogP contribution in [-0.2, 0) is 32.2 Å². The highest BCUT2D eigenvalue weighted by atomic mass is 32.2. The molecule has 0 saturated heterocycles. The third-order valence-electron chi connectivity index (χ3n) is 6.32. The third kappa shape index (κ3) is 6.58. The molecule has 0 saturated carbocycles. The normalized spacial score (nSPS) is 17.7. The van der Waals surface area contributed by atoms with Crippen LogP contribution < -0.4 is 15.7 Å². The lowest BCUT2D eigenvalue weighted by atomic mass is 9.87. The number of amides is 2. The number of hydroxylamine groups is 1. The van der Waals surface area contributed by atoms with Gasteiger partial charge in [-0.3, -0.25) is 19.8 Å². The molecule has 2 aromatic heterocycles. The second-order valence-electron chi connectivity index (χ2n) is 9.50. The molecular formula is C26H26F3N5O6S. The highest BCUT2D eigenvalue weighted by Gasteiger charge is 2.46. The second kappa shape index (κ2) is 11.3. The Morgan fingerprint density at radius 3 is 2.51 bits per heavy atom. The van der Waals surface area contributed by atoms with Gasteiger partial charge in [-0.25, -0.2) is 13.9 Å². The SMILES string of the molecule is CN(C)c1ccc(C2c3cc(C(F)(F)F)ccc3CC(C(=O)Nc3cncc(/C=C/C(=O)NO)c3)N2S(C)(=O)=O)o1. The Labute approximate surface area is 233 Å². The lowest BCUT2D eigenvalue weighted by molar-refractivity contribution is -0.137. The molecule has 0 fully saturated rings. The lowest BCUT2D eigenvalue weighted by Crippen LogP contribution is -2.52. The molecule has 1 aliphatic rings. The molecule has 0 bridgehead atoms. The van der Waals surface area contributed by atoms with Crippen LogP contribution in [0, 0.1) is 0 Å². The lowest BCUT2D eigenvalue weighted by Gasteiger charge is -2.40. The molecule has 41 heavy (non-hydrogen) atoms. The number of anilines is 2. The van der Waals surface area contributed by atoms with Gasteiger partial charge >= 0.3 is 6.18 Å². The van der Waals surface area contributed by atoms with Gasteiger partial charge in [0.25, 0.3) is 5.91 Å². The fraction of sp³-hybridized carbons (Fsp3) is 0.269. The largest absolute Gasteiger partial charge is 0.443 e. The van der Waals surface area contributed by atoms with Crippen LogP contribution in [0.1, 0.15) is 34.1 Å². The number of furan rings is 1. The number of rotatable bonds is 7. The second-order valence-corrected chi connectivity index (χ2v) is 11.4. The summed E-state index contributed by atoms with van der Waals surface area (Å²) < 4.78 is 74.1. The molecule has 2 atom stereocenters. The average Bonchev–Trinajstić information content (AvgIpc) is 3.40. The van der Waals surface area contributed by atoms with Crippen LogP contribution in [0.5, 0.6) is 0 Å². The maximum absolute atomic E-state index is 13.7. The first kappa shape index (κ1) is 29.8. The van der Waals surface area contributed by atoms with Crippen molar-refractivity contribution < 1.29 is 40.8 Å². The van der Waals surface area contributed by atoms with Crippen molar-refractivity contribution in [3.63, 3.8) is 0 Å². The number of aromatic nitrogens is 1. The molecule has 4 rings (SSSR count). The summed E-state index contributed by atoms with van der Waals surface area (Å²) in [6.45, 7) is 0. The molecule has 2 amide bonds. The van der Waals surface area contributed by atoms with Gasteiger partial charge in [-0.1, -0.05) is 6.07 Å². The maximum Gasteiger partial charge on any atom is 0.416 e. The van der Waals surface area contributed by atoms with Crippen molar-refractivity contribution in [2.75, 3.05) is 30.6 Å². The van der Waals surface area contributed by atoms with Crippen LogP contribution in [-0.4, -0.2) is 61.1 Å². The van der Waals surface area contributed by atoms with E-state index in [1.54, 1.807) is 25.1 Å². The number of fused-ring (bicyclic) bond motifs is 1. The van der Waals surface area contributed by atoms with E-state index in [0.29, 0.717) is 17.0 Å². The van der Waals surface area contributed by atoms with E-state index >= 15 is 0 Å². The first-order chi connectivity index (χ1) is 19.2. The van der Waals surface area contributed by atoms with Gasteiger partial charge in [0.05, 0.1) is 23.7 Å². The minimum Gasteiger partial charge on any atom is -0.443 e. The van der Waals surface area contributed by atoms with Gasteiger partial charge in [-0.15, -0.1) is 0 Å². The Kier molecular flexibility index (Phi) is 8.24. The molecule has 3 N–H and O–H groups in total. The minimum absolute atomic E-state index is 0.0353. The van der Waals surface area contributed by atoms with Crippen molar-refractivity contribution in [3.8, 4) is 0 Å². The van der Waals surface area contributed by atoms with E-state index in [-0.39, 0.29) is 23.4 Å². The van der Waals surface area contributed by atoms with Gasteiger partial charge in [0.2, 0.25) is 15.9 Å². The van der Waals surface area contributed by atoms with E-state index in [4.69, 9.17) is 9.62 Å². The van der Waals surface area contributed by atoms with Crippen LogP contribution in [0.2, 0.25) is 0 Å². The summed E-state index contributed by atoms with van der Waals surface area (Å²) >= 11 is 0. The standard InChI is InChI=1S/C26H26F3N5O6S/c1-33(2)23-9-7-21(40-23)24-19-12-17(26(27,28)29)6-5-16(19)11-20(34(24)41(3,38)39)25(36)31-18-10-15(13-30-14-18)4-8-22(35)32-37/h4-10,12-14,20,24,37H,11H2,1-3H3,(H,31,36)(H,32,35)/b8-4+. The predicted molar refractivity (Wildman–Crippen MR) is 142 cm³/mol. The molecule has 3 aromatic rings. The summed E-state index contributed by atoms with van der Waals surface area (Å²) in [6, 6.07) is 4.73. The van der Waals surface area contributed by atoms with Crippen molar-refractivity contribution in [2.24, 2.45) is 0 Å². The van der Waals surface area contributed by atoms with Crippen LogP contribution in [0.3, 0.4) is 0 Å². The fourth-order valence-electron chi connectivity index (χ4n) is 4.52. The number of sulfonamides is 1. The summed E-state index contributed by atoms with van der Waals surface area (Å²) in [5, 5.41) is 11.2. The molecule has 0 aliphatic carbocycles. The summed E-state index contributed by atoms with van der Waals surface area (Å²) in [6.07, 6.45) is 0.988. The Morgan fingerprint density at radius 2 is 1.90 bits per heavy atom. The Balaban J connectivity index is 1.79. The molecular weight excluding hydrogens is 567 g/mol. The number of nitrogens with one attached hydrogen (secondary N) is 2. The van der Waals surface area contributed by atoms with E-state index in [2.05, 4.69) is 10.3 Å². The van der Waals surface area contributed by atoms with Gasteiger partial charge < -0.3 is 14.6 Å². The maximum atomic E-state index is 13.7. The van der Waals surface area contributed by atoms with Gasteiger partial charge in [0, 0.05) is 32.4 Å². The van der Waals surface area contributed by atoms with Crippen molar-refractivity contribution in [1.29, 1.82) is 0 Å². The number of carbonyl (C=O) groups is 2. The number of pyridine rings is 1. The summed E-state index contributed by atoms with van der Waals surface area (Å²) in [4.78, 5) is 30.5. The zero-order valence-electron chi connectivity index (χ0n) is 22.0. The van der Waals surface area contributed by atoms with E-state index in [1.165, 1.54) is 42.1 Å². The number of halogens is 3. The number of hydrogen-bond donors (Lipinski definition) is 3. The zero-order chi connectivity index (χ0) is 30.1. The van der Waals surface area contributed by atoms with Crippen LogP contribution in [0.25, 0.3) is 6.08 Å². The third-order valence-corrected chi connectivity index (χ3v) is 7.55. The molecule has 11 nitrogen and oxygen atoms in total. The zero-order valence-corrected chi connectivity index (χ0v) is 22.8. The number of nitrogens with zero attached hydrogens (tertiary/aromatic N) is 3. The quantitative estimate of drug-likeness (QED) is 0.215. The van der Waals surface area contributed by atoms with E-state index in [9.17, 15) is 31.2 Å². The molecule has 1 aromatic carbocycles. The molecule has 0 radical (unpaired) electrons. The monoisotopic (exact) mass is 593 g/mol. The first-order valence-corrected chi connectivity index (χ1v) is 13.9. The van der Waals surface area contributed by atoms with Crippen molar-refractivity contribution in [2.45, 2.75) is 24.7 Å². The van der Waals surface area contributed by atoms with Crippen LogP contribution in [0.4, 0.5) is 24.7 Å². The highest BCUT2D eigenvalue weighted by molar-refractivity contribution is 7.88. The Hall–Kier alpha value is -4.21. The summed E-state index contributed by atoms with van der Waals surface area (Å²) in [5.41, 5.74) is 1.40. The smallest absolute Gasteiger partial charge is 0.416 e. The number of carbonyl (C=O) groups excluding carboxylic acids is 2. The van der Waals surface area contributed by atoms with Gasteiger partial charge in [0.15, 0.2) is 5.88 Å². The molecule has 218 valence electrons. The summed E-state index contributed by atoms with van der Waals surface area (Å²) in [5.74, 6) is -1.19. The molecule has 2 unspecified atom stereocenters. The van der Waals surface area contributed by atoms with E-state index < -0.39 is 45.7 Å². The van der Waals surface area contributed by atoms with Crippen molar-refractivity contribution in [3.05, 3.63) is 82.9 Å². The highest BCUT2D eigenvalue weighted by Crippen LogP contribution is 2.43. The van der Waals surface area contributed by atoms with Crippen molar-refractivity contribution in [1.82, 2.24) is 14.8 Å². The average molecular weight is 594 g/mol.